The van der Waals surface area contributed by atoms with Gasteiger partial charge in [0.2, 0.25) is 5.78 Å². The number of carbonyl (C=O) groups is 3. The Kier molecular flexibility index (Phi) is 11.5. The fraction of sp³-hybridized carbons (Fsp3) is 0.864. The molecule has 1 aliphatic carbocycles. The predicted octanol–water partition coefficient (Wildman–Crippen LogP) is 4.93. The third-order valence-electron chi connectivity index (χ3n) is 5.95. The first kappa shape index (κ1) is 25.7. The monoisotopic (exact) mass is 418 g/mol. The van der Waals surface area contributed by atoms with Crippen molar-refractivity contribution in [3.8, 4) is 0 Å². The molecular weight excluding hydrogens is 382 g/mol. The van der Waals surface area contributed by atoms with Gasteiger partial charge in [-0.2, -0.15) is 8.78 Å². The molecule has 0 aromatic heterocycles. The number of Topliss-reactive ketones (excluding diaryl/α,β-unsaturated/α-hetero) is 2. The summed E-state index contributed by atoms with van der Waals surface area (Å²) in [5.41, 5.74) is 0. The molecule has 0 spiro atoms. The Morgan fingerprint density at radius 2 is 1.62 bits per heavy atom. The minimum atomic E-state index is -3.32. The Hall–Kier alpha value is -1.37. The SMILES string of the molecule is CCCCC(F)(F)C(=O)CC[C@@H]1C(CCCCCCCCC(=O)O)C(=O)C[C@H]1O. The van der Waals surface area contributed by atoms with Gasteiger partial charge in [0, 0.05) is 31.6 Å². The average molecular weight is 419 g/mol. The molecule has 1 saturated carbocycles. The summed E-state index contributed by atoms with van der Waals surface area (Å²) in [6.07, 6.45) is 5.42. The highest BCUT2D eigenvalue weighted by atomic mass is 19.3. The zero-order chi connectivity index (χ0) is 21.9. The van der Waals surface area contributed by atoms with Crippen LogP contribution in [0.5, 0.6) is 0 Å². The van der Waals surface area contributed by atoms with Crippen molar-refractivity contribution >= 4 is 17.5 Å². The second kappa shape index (κ2) is 13.0. The number of rotatable bonds is 16. The summed E-state index contributed by atoms with van der Waals surface area (Å²) >= 11 is 0. The van der Waals surface area contributed by atoms with E-state index < -0.39 is 36.1 Å². The van der Waals surface area contributed by atoms with Gasteiger partial charge in [0.1, 0.15) is 5.78 Å². The lowest BCUT2D eigenvalue weighted by molar-refractivity contribution is -0.144. The van der Waals surface area contributed by atoms with Crippen LogP contribution in [0.1, 0.15) is 96.8 Å². The number of carboxylic acids is 1. The normalized spacial score (nSPS) is 22.2. The van der Waals surface area contributed by atoms with Gasteiger partial charge in [0.05, 0.1) is 6.10 Å². The summed E-state index contributed by atoms with van der Waals surface area (Å²) < 4.78 is 27.7. The van der Waals surface area contributed by atoms with Crippen LogP contribution in [0.2, 0.25) is 0 Å². The van der Waals surface area contributed by atoms with E-state index in [1.165, 1.54) is 0 Å². The number of carbonyl (C=O) groups excluding carboxylic acids is 2. The van der Waals surface area contributed by atoms with E-state index in [1.807, 2.05) is 0 Å². The van der Waals surface area contributed by atoms with Crippen LogP contribution in [0.4, 0.5) is 8.78 Å². The molecule has 1 unspecified atom stereocenters. The van der Waals surface area contributed by atoms with E-state index in [1.54, 1.807) is 6.92 Å². The molecule has 0 aromatic carbocycles. The second-order valence-corrected chi connectivity index (χ2v) is 8.33. The lowest BCUT2D eigenvalue weighted by Gasteiger charge is -2.22. The average Bonchev–Trinajstić information content (AvgIpc) is 2.92. The number of alkyl halides is 2. The third-order valence-corrected chi connectivity index (χ3v) is 5.95. The lowest BCUT2D eigenvalue weighted by Crippen LogP contribution is -2.30. The van der Waals surface area contributed by atoms with Crippen LogP contribution in [-0.2, 0) is 14.4 Å². The number of hydrogen-bond donors (Lipinski definition) is 2. The molecular formula is C22H36F2O5. The lowest BCUT2D eigenvalue weighted by atomic mass is 9.85. The zero-order valence-electron chi connectivity index (χ0n) is 17.5. The number of aliphatic hydroxyl groups excluding tert-OH is 1. The quantitative estimate of drug-likeness (QED) is 0.347. The van der Waals surface area contributed by atoms with Crippen molar-refractivity contribution in [3.05, 3.63) is 0 Å². The van der Waals surface area contributed by atoms with Gasteiger partial charge in [-0.1, -0.05) is 45.4 Å². The molecule has 3 atom stereocenters. The van der Waals surface area contributed by atoms with Gasteiger partial charge in [-0.25, -0.2) is 0 Å². The Morgan fingerprint density at radius 1 is 1.00 bits per heavy atom. The summed E-state index contributed by atoms with van der Waals surface area (Å²) in [7, 11) is 0. The number of carboxylic acid groups (broad SMARTS) is 1. The molecule has 0 aromatic rings. The van der Waals surface area contributed by atoms with E-state index >= 15 is 0 Å². The maximum atomic E-state index is 13.9. The van der Waals surface area contributed by atoms with E-state index in [9.17, 15) is 28.3 Å². The van der Waals surface area contributed by atoms with Crippen molar-refractivity contribution < 1.29 is 33.4 Å². The molecule has 0 saturated heterocycles. The highest BCUT2D eigenvalue weighted by Gasteiger charge is 2.43. The van der Waals surface area contributed by atoms with Gasteiger partial charge >= 0.3 is 11.9 Å². The molecule has 7 heteroatoms. The fourth-order valence-corrected chi connectivity index (χ4v) is 4.15. The molecule has 0 aliphatic heterocycles. The Labute approximate surface area is 172 Å². The van der Waals surface area contributed by atoms with Crippen LogP contribution in [-0.4, -0.2) is 39.8 Å². The summed E-state index contributed by atoms with van der Waals surface area (Å²) in [5, 5.41) is 18.8. The second-order valence-electron chi connectivity index (χ2n) is 8.33. The molecule has 1 fully saturated rings. The smallest absolute Gasteiger partial charge is 0.305 e. The first-order valence-electron chi connectivity index (χ1n) is 11.0. The molecule has 0 amide bonds. The summed E-state index contributed by atoms with van der Waals surface area (Å²) in [5.74, 6) is -5.99. The summed E-state index contributed by atoms with van der Waals surface area (Å²) in [6.45, 7) is 1.79. The molecule has 5 nitrogen and oxygen atoms in total. The summed E-state index contributed by atoms with van der Waals surface area (Å²) in [4.78, 5) is 34.5. The minimum Gasteiger partial charge on any atom is -0.481 e. The Balaban J connectivity index is 2.36. The van der Waals surface area contributed by atoms with Gasteiger partial charge in [0.15, 0.2) is 0 Å². The number of ketones is 2. The molecule has 2 N–H and O–H groups in total. The van der Waals surface area contributed by atoms with Gasteiger partial charge in [-0.15, -0.1) is 0 Å². The highest BCUT2D eigenvalue weighted by Crippen LogP contribution is 2.37. The number of halogens is 2. The topological polar surface area (TPSA) is 91.7 Å². The van der Waals surface area contributed by atoms with E-state index in [4.69, 9.17) is 5.11 Å². The van der Waals surface area contributed by atoms with Crippen molar-refractivity contribution in [1.29, 1.82) is 0 Å². The van der Waals surface area contributed by atoms with E-state index in [0.29, 0.717) is 25.7 Å². The van der Waals surface area contributed by atoms with Gasteiger partial charge in [0.25, 0.3) is 0 Å². The zero-order valence-corrected chi connectivity index (χ0v) is 17.5. The van der Waals surface area contributed by atoms with Crippen molar-refractivity contribution in [2.45, 2.75) is 109 Å². The molecule has 0 heterocycles. The van der Waals surface area contributed by atoms with Crippen molar-refractivity contribution in [2.24, 2.45) is 11.8 Å². The van der Waals surface area contributed by atoms with Crippen LogP contribution in [0, 0.1) is 11.8 Å². The van der Waals surface area contributed by atoms with Crippen molar-refractivity contribution in [1.82, 2.24) is 0 Å². The minimum absolute atomic E-state index is 0.0332. The van der Waals surface area contributed by atoms with Crippen LogP contribution in [0.3, 0.4) is 0 Å². The number of hydrogen-bond acceptors (Lipinski definition) is 4. The van der Waals surface area contributed by atoms with Gasteiger partial charge < -0.3 is 10.2 Å². The molecule has 1 aliphatic rings. The van der Waals surface area contributed by atoms with Gasteiger partial charge in [-0.05, 0) is 31.6 Å². The Morgan fingerprint density at radius 3 is 2.24 bits per heavy atom. The first-order valence-corrected chi connectivity index (χ1v) is 11.0. The molecule has 29 heavy (non-hydrogen) atoms. The van der Waals surface area contributed by atoms with Crippen molar-refractivity contribution in [3.63, 3.8) is 0 Å². The number of aliphatic hydroxyl groups is 1. The largest absolute Gasteiger partial charge is 0.481 e. The van der Waals surface area contributed by atoms with Crippen LogP contribution < -0.4 is 0 Å². The number of unbranched alkanes of at least 4 members (excludes halogenated alkanes) is 6. The third kappa shape index (κ3) is 9.32. The Bertz CT molecular complexity index is 535. The maximum absolute atomic E-state index is 13.9. The van der Waals surface area contributed by atoms with Crippen molar-refractivity contribution in [2.75, 3.05) is 0 Å². The molecule has 168 valence electrons. The van der Waals surface area contributed by atoms with E-state index in [-0.39, 0.29) is 37.4 Å². The molecule has 0 radical (unpaired) electrons. The molecule has 0 bridgehead atoms. The summed E-state index contributed by atoms with van der Waals surface area (Å²) in [6, 6.07) is 0. The fourth-order valence-electron chi connectivity index (χ4n) is 4.15. The van der Waals surface area contributed by atoms with Crippen LogP contribution in [0.15, 0.2) is 0 Å². The van der Waals surface area contributed by atoms with E-state index in [2.05, 4.69) is 0 Å². The number of aliphatic carboxylic acids is 1. The standard InChI is InChI=1S/C22H36F2O5/c1-2-3-14-22(23,24)20(27)13-12-17-16(18(25)15-19(17)26)10-8-6-4-5-7-9-11-21(28)29/h16-17,19,26H,2-15H2,1H3,(H,28,29)/t16?,17-,19-/m1/s1. The van der Waals surface area contributed by atoms with Crippen LogP contribution >= 0.6 is 0 Å². The first-order chi connectivity index (χ1) is 13.7. The maximum Gasteiger partial charge on any atom is 0.305 e. The van der Waals surface area contributed by atoms with Gasteiger partial charge in [-0.3, -0.25) is 14.4 Å². The molecule has 1 rings (SSSR count). The van der Waals surface area contributed by atoms with Crippen LogP contribution in [0.25, 0.3) is 0 Å². The predicted molar refractivity (Wildman–Crippen MR) is 106 cm³/mol. The highest BCUT2D eigenvalue weighted by molar-refractivity contribution is 5.86. The van der Waals surface area contributed by atoms with E-state index in [0.717, 1.165) is 32.1 Å².